The Hall–Kier alpha value is -1.64. The fourth-order valence-electron chi connectivity index (χ4n) is 2.46. The van der Waals surface area contributed by atoms with Gasteiger partial charge in [-0.15, -0.1) is 0 Å². The normalized spacial score (nSPS) is 18.2. The molecular formula is C13H14N2O. The summed E-state index contributed by atoms with van der Waals surface area (Å²) in [7, 11) is 0. The van der Waals surface area contributed by atoms with Crippen LogP contribution in [0.1, 0.15) is 27.9 Å². The van der Waals surface area contributed by atoms with Gasteiger partial charge in [0, 0.05) is 13.1 Å². The molecule has 0 bridgehead atoms. The number of benzene rings is 1. The van der Waals surface area contributed by atoms with Crippen molar-refractivity contribution in [1.82, 2.24) is 0 Å². The van der Waals surface area contributed by atoms with Crippen LogP contribution in [0.3, 0.4) is 0 Å². The van der Waals surface area contributed by atoms with Gasteiger partial charge < -0.3 is 4.90 Å². The predicted octanol–water partition coefficient (Wildman–Crippen LogP) is 2.11. The summed E-state index contributed by atoms with van der Waals surface area (Å²) in [6, 6.07) is 4.13. The number of fused-ring (bicyclic) bond motifs is 3. The summed E-state index contributed by atoms with van der Waals surface area (Å²) in [6.45, 7) is 5.76. The number of Topliss-reactive ketones (excluding diaryl/α,β-unsaturated/α-hetero) is 1. The SMILES string of the molecule is Cc1ccc2c(c1C)C(=O)C1=NCCCN12. The van der Waals surface area contributed by atoms with Crippen LogP contribution in [-0.4, -0.2) is 24.7 Å². The molecule has 0 aliphatic carbocycles. The van der Waals surface area contributed by atoms with Crippen molar-refractivity contribution >= 4 is 17.3 Å². The Morgan fingerprint density at radius 1 is 1.31 bits per heavy atom. The minimum atomic E-state index is 0.107. The van der Waals surface area contributed by atoms with Crippen LogP contribution in [0.25, 0.3) is 0 Å². The summed E-state index contributed by atoms with van der Waals surface area (Å²) < 4.78 is 0. The molecule has 0 spiro atoms. The van der Waals surface area contributed by atoms with Gasteiger partial charge in [0.2, 0.25) is 5.78 Å². The number of nitrogens with zero attached hydrogens (tertiary/aromatic N) is 2. The Morgan fingerprint density at radius 3 is 2.94 bits per heavy atom. The summed E-state index contributed by atoms with van der Waals surface area (Å²) in [5.41, 5.74) is 4.18. The fourth-order valence-corrected chi connectivity index (χ4v) is 2.46. The summed E-state index contributed by atoms with van der Waals surface area (Å²) >= 11 is 0. The van der Waals surface area contributed by atoms with Crippen LogP contribution in [0.2, 0.25) is 0 Å². The maximum atomic E-state index is 12.2. The van der Waals surface area contributed by atoms with Crippen LogP contribution in [0.15, 0.2) is 17.1 Å². The van der Waals surface area contributed by atoms with Crippen LogP contribution in [0, 0.1) is 13.8 Å². The van der Waals surface area contributed by atoms with Gasteiger partial charge >= 0.3 is 0 Å². The second-order valence-corrected chi connectivity index (χ2v) is 4.44. The Bertz CT molecular complexity index is 517. The number of hydrogen-bond acceptors (Lipinski definition) is 3. The molecule has 2 aliphatic rings. The van der Waals surface area contributed by atoms with E-state index >= 15 is 0 Å². The van der Waals surface area contributed by atoms with Gasteiger partial charge in [0.05, 0.1) is 11.3 Å². The third kappa shape index (κ3) is 1.08. The van der Waals surface area contributed by atoms with Crippen molar-refractivity contribution < 1.29 is 4.79 Å². The average Bonchev–Trinajstić information content (AvgIpc) is 2.59. The molecule has 0 fully saturated rings. The van der Waals surface area contributed by atoms with Crippen molar-refractivity contribution in [2.45, 2.75) is 20.3 Å². The molecule has 0 radical (unpaired) electrons. The Labute approximate surface area is 94.8 Å². The van der Waals surface area contributed by atoms with E-state index in [1.165, 1.54) is 5.56 Å². The number of amidine groups is 1. The molecule has 82 valence electrons. The molecule has 0 saturated heterocycles. The zero-order valence-corrected chi connectivity index (χ0v) is 9.58. The molecule has 16 heavy (non-hydrogen) atoms. The molecule has 0 unspecified atom stereocenters. The summed E-state index contributed by atoms with van der Waals surface area (Å²) in [5, 5.41) is 0. The maximum Gasteiger partial charge on any atom is 0.230 e. The Kier molecular flexibility index (Phi) is 1.90. The molecule has 2 heterocycles. The van der Waals surface area contributed by atoms with Gasteiger partial charge in [-0.2, -0.15) is 0 Å². The number of anilines is 1. The largest absolute Gasteiger partial charge is 0.323 e. The summed E-state index contributed by atoms with van der Waals surface area (Å²) in [6.07, 6.45) is 1.03. The van der Waals surface area contributed by atoms with E-state index in [-0.39, 0.29) is 5.78 Å². The van der Waals surface area contributed by atoms with Crippen molar-refractivity contribution in [1.29, 1.82) is 0 Å². The topological polar surface area (TPSA) is 32.7 Å². The molecule has 3 rings (SSSR count). The van der Waals surface area contributed by atoms with E-state index in [2.05, 4.69) is 16.0 Å². The van der Waals surface area contributed by atoms with Crippen molar-refractivity contribution in [2.24, 2.45) is 4.99 Å². The van der Waals surface area contributed by atoms with Crippen molar-refractivity contribution in [3.05, 3.63) is 28.8 Å². The minimum Gasteiger partial charge on any atom is -0.323 e. The second-order valence-electron chi connectivity index (χ2n) is 4.44. The van der Waals surface area contributed by atoms with Gasteiger partial charge in [-0.25, -0.2) is 0 Å². The van der Waals surface area contributed by atoms with E-state index in [1.807, 2.05) is 19.9 Å². The summed E-state index contributed by atoms with van der Waals surface area (Å²) in [4.78, 5) is 18.6. The van der Waals surface area contributed by atoms with E-state index < -0.39 is 0 Å². The maximum absolute atomic E-state index is 12.2. The van der Waals surface area contributed by atoms with E-state index in [9.17, 15) is 4.79 Å². The molecule has 2 aliphatic heterocycles. The first-order valence-corrected chi connectivity index (χ1v) is 5.67. The lowest BCUT2D eigenvalue weighted by Crippen LogP contribution is -2.34. The number of carbonyl (C=O) groups is 1. The van der Waals surface area contributed by atoms with Crippen molar-refractivity contribution in [3.63, 3.8) is 0 Å². The first-order valence-electron chi connectivity index (χ1n) is 5.67. The van der Waals surface area contributed by atoms with E-state index in [4.69, 9.17) is 0 Å². The Morgan fingerprint density at radius 2 is 2.12 bits per heavy atom. The van der Waals surface area contributed by atoms with Crippen LogP contribution in [0.4, 0.5) is 5.69 Å². The lowest BCUT2D eigenvalue weighted by Gasteiger charge is -2.22. The highest BCUT2D eigenvalue weighted by Crippen LogP contribution is 2.34. The van der Waals surface area contributed by atoms with Crippen LogP contribution in [-0.2, 0) is 0 Å². The molecule has 0 N–H and O–H groups in total. The average molecular weight is 214 g/mol. The van der Waals surface area contributed by atoms with Gasteiger partial charge in [0.15, 0.2) is 5.84 Å². The number of hydrogen-bond donors (Lipinski definition) is 0. The molecule has 1 aromatic carbocycles. The van der Waals surface area contributed by atoms with Crippen LogP contribution in [0.5, 0.6) is 0 Å². The van der Waals surface area contributed by atoms with Crippen molar-refractivity contribution in [3.8, 4) is 0 Å². The van der Waals surface area contributed by atoms with Gasteiger partial charge in [-0.1, -0.05) is 6.07 Å². The zero-order chi connectivity index (χ0) is 11.3. The Balaban J connectivity index is 2.26. The van der Waals surface area contributed by atoms with E-state index in [0.717, 1.165) is 36.3 Å². The zero-order valence-electron chi connectivity index (χ0n) is 9.58. The van der Waals surface area contributed by atoms with Crippen LogP contribution < -0.4 is 4.90 Å². The van der Waals surface area contributed by atoms with E-state index in [1.54, 1.807) is 0 Å². The third-order valence-corrected chi connectivity index (χ3v) is 3.49. The predicted molar refractivity (Wildman–Crippen MR) is 64.5 cm³/mol. The smallest absolute Gasteiger partial charge is 0.230 e. The van der Waals surface area contributed by atoms with E-state index in [0.29, 0.717) is 5.84 Å². The number of carbonyl (C=O) groups excluding carboxylic acids is 1. The standard InChI is InChI=1S/C13H14N2O/c1-8-4-5-10-11(9(8)2)12(16)13-14-6-3-7-15(10)13/h4-5H,3,6-7H2,1-2H3. The second kappa shape index (κ2) is 3.17. The van der Waals surface area contributed by atoms with Gasteiger partial charge in [-0.05, 0) is 37.5 Å². The first-order chi connectivity index (χ1) is 7.70. The van der Waals surface area contributed by atoms with Crippen molar-refractivity contribution in [2.75, 3.05) is 18.0 Å². The molecule has 0 amide bonds. The van der Waals surface area contributed by atoms with Gasteiger partial charge in [-0.3, -0.25) is 9.79 Å². The molecule has 1 aromatic rings. The van der Waals surface area contributed by atoms with Gasteiger partial charge in [0.25, 0.3) is 0 Å². The molecule has 3 nitrogen and oxygen atoms in total. The molecule has 0 saturated carbocycles. The highest BCUT2D eigenvalue weighted by molar-refractivity contribution is 6.54. The lowest BCUT2D eigenvalue weighted by molar-refractivity contribution is 0.106. The number of aliphatic imine (C=N–C) groups is 1. The molecule has 0 aromatic heterocycles. The molecule has 0 atom stereocenters. The quantitative estimate of drug-likeness (QED) is 0.662. The lowest BCUT2D eigenvalue weighted by atomic mass is 10.0. The molecular weight excluding hydrogens is 200 g/mol. The summed E-state index contributed by atoms with van der Waals surface area (Å²) in [5.74, 6) is 0.755. The highest BCUT2D eigenvalue weighted by Gasteiger charge is 2.36. The minimum absolute atomic E-state index is 0.107. The van der Waals surface area contributed by atoms with Gasteiger partial charge in [0.1, 0.15) is 0 Å². The third-order valence-electron chi connectivity index (χ3n) is 3.49. The number of aryl methyl sites for hydroxylation is 1. The first kappa shape index (κ1) is 9.58. The highest BCUT2D eigenvalue weighted by atomic mass is 16.1. The number of rotatable bonds is 0. The number of ketones is 1. The fraction of sp³-hybridized carbons (Fsp3) is 0.385. The van der Waals surface area contributed by atoms with Crippen LogP contribution >= 0.6 is 0 Å². The monoisotopic (exact) mass is 214 g/mol. The molecule has 3 heteroatoms.